The molecule has 5 heteroatoms. The van der Waals surface area contributed by atoms with Crippen molar-refractivity contribution in [2.45, 2.75) is 50.8 Å². The van der Waals surface area contributed by atoms with Gasteiger partial charge in [0.15, 0.2) is 0 Å². The quantitative estimate of drug-likeness (QED) is 0.818. The average molecular weight is 239 g/mol. The molecule has 16 heavy (non-hydrogen) atoms. The molecule has 1 aliphatic carbocycles. The van der Waals surface area contributed by atoms with Crippen LogP contribution in [0.15, 0.2) is 0 Å². The summed E-state index contributed by atoms with van der Waals surface area (Å²) in [5.74, 6) is 0.489. The molecule has 0 radical (unpaired) electrons. The van der Waals surface area contributed by atoms with E-state index in [-0.39, 0.29) is 6.61 Å². The fourth-order valence-corrected chi connectivity index (χ4v) is 2.37. The Morgan fingerprint density at radius 3 is 2.62 bits per heavy atom. The summed E-state index contributed by atoms with van der Waals surface area (Å²) < 4.78 is 41.4. The molecule has 2 N–H and O–H groups in total. The molecule has 1 saturated carbocycles. The van der Waals surface area contributed by atoms with E-state index in [1.807, 2.05) is 0 Å². The van der Waals surface area contributed by atoms with Gasteiger partial charge in [-0.1, -0.05) is 19.8 Å². The molecule has 0 aromatic carbocycles. The first kappa shape index (κ1) is 13.8. The Bertz CT molecular complexity index is 220. The number of hydrogen-bond acceptors (Lipinski definition) is 2. The third-order valence-electron chi connectivity index (χ3n) is 3.22. The van der Waals surface area contributed by atoms with Crippen LogP contribution in [0.2, 0.25) is 0 Å². The summed E-state index contributed by atoms with van der Waals surface area (Å²) >= 11 is 0. The van der Waals surface area contributed by atoms with Crippen molar-refractivity contribution in [1.82, 2.24) is 0 Å². The zero-order valence-electron chi connectivity index (χ0n) is 9.65. The predicted octanol–water partition coefficient (Wildman–Crippen LogP) is 2.86. The van der Waals surface area contributed by atoms with E-state index in [4.69, 9.17) is 10.5 Å². The largest absolute Gasteiger partial charge is 0.391 e. The van der Waals surface area contributed by atoms with Gasteiger partial charge in [0.05, 0.1) is 18.6 Å². The van der Waals surface area contributed by atoms with Crippen molar-refractivity contribution < 1.29 is 17.9 Å². The summed E-state index contributed by atoms with van der Waals surface area (Å²) in [5, 5.41) is 0. The van der Waals surface area contributed by atoms with E-state index in [1.165, 1.54) is 0 Å². The van der Waals surface area contributed by atoms with E-state index in [9.17, 15) is 13.2 Å². The molecule has 0 bridgehead atoms. The molecule has 0 heterocycles. The fourth-order valence-electron chi connectivity index (χ4n) is 2.37. The van der Waals surface area contributed by atoms with Gasteiger partial charge in [-0.2, -0.15) is 13.2 Å². The zero-order chi connectivity index (χ0) is 12.2. The van der Waals surface area contributed by atoms with E-state index in [0.29, 0.717) is 12.5 Å². The number of ether oxygens (including phenoxy) is 1. The number of hydrogen-bond donors (Lipinski definition) is 1. The summed E-state index contributed by atoms with van der Waals surface area (Å²) in [6.07, 6.45) is -1.36. The lowest BCUT2D eigenvalue weighted by molar-refractivity contribution is -0.162. The highest BCUT2D eigenvalue weighted by Crippen LogP contribution is 2.35. The molecule has 2 nitrogen and oxygen atoms in total. The van der Waals surface area contributed by atoms with Crippen LogP contribution in [-0.2, 0) is 4.74 Å². The normalized spacial score (nSPS) is 31.7. The van der Waals surface area contributed by atoms with Gasteiger partial charge in [0, 0.05) is 6.54 Å². The molecule has 0 aromatic heterocycles. The maximum atomic E-state index is 12.0. The van der Waals surface area contributed by atoms with Gasteiger partial charge in [-0.15, -0.1) is 0 Å². The molecule has 96 valence electrons. The number of nitrogens with two attached hydrogens (primary N) is 1. The Labute approximate surface area is 94.3 Å². The standard InChI is InChI=1S/C11H20F3NO/c1-9-3-2-4-10(7-9,8-15)16-6-5-11(12,13)14/h9H,2-8,15H2,1H3. The van der Waals surface area contributed by atoms with Gasteiger partial charge in [-0.25, -0.2) is 0 Å². The Morgan fingerprint density at radius 2 is 2.12 bits per heavy atom. The second-order valence-corrected chi connectivity index (χ2v) is 4.80. The van der Waals surface area contributed by atoms with Gasteiger partial charge in [0.25, 0.3) is 0 Å². The SMILES string of the molecule is CC1CCCC(CN)(OCCC(F)(F)F)C1. The van der Waals surface area contributed by atoms with Crippen LogP contribution in [-0.4, -0.2) is 24.9 Å². The van der Waals surface area contributed by atoms with Crippen LogP contribution in [0.25, 0.3) is 0 Å². The highest BCUT2D eigenvalue weighted by Gasteiger charge is 2.36. The van der Waals surface area contributed by atoms with Gasteiger partial charge in [0.1, 0.15) is 0 Å². The summed E-state index contributed by atoms with van der Waals surface area (Å²) in [4.78, 5) is 0. The molecule has 2 unspecified atom stereocenters. The van der Waals surface area contributed by atoms with Crippen molar-refractivity contribution in [3.8, 4) is 0 Å². The average Bonchev–Trinajstić information content (AvgIpc) is 2.16. The monoisotopic (exact) mass is 239 g/mol. The van der Waals surface area contributed by atoms with Crippen molar-refractivity contribution >= 4 is 0 Å². The predicted molar refractivity (Wildman–Crippen MR) is 56.0 cm³/mol. The molecular formula is C11H20F3NO. The second-order valence-electron chi connectivity index (χ2n) is 4.80. The fraction of sp³-hybridized carbons (Fsp3) is 1.00. The van der Waals surface area contributed by atoms with Crippen LogP contribution in [0.1, 0.15) is 39.0 Å². The van der Waals surface area contributed by atoms with Crippen LogP contribution in [0.3, 0.4) is 0 Å². The molecule has 2 atom stereocenters. The van der Waals surface area contributed by atoms with Crippen LogP contribution >= 0.6 is 0 Å². The Morgan fingerprint density at radius 1 is 1.44 bits per heavy atom. The third-order valence-corrected chi connectivity index (χ3v) is 3.22. The minimum atomic E-state index is -4.14. The number of halogens is 3. The van der Waals surface area contributed by atoms with E-state index in [0.717, 1.165) is 25.7 Å². The third kappa shape index (κ3) is 4.29. The summed E-state index contributed by atoms with van der Waals surface area (Å²) in [6, 6.07) is 0. The lowest BCUT2D eigenvalue weighted by Crippen LogP contribution is -2.45. The lowest BCUT2D eigenvalue weighted by Gasteiger charge is -2.39. The minimum Gasteiger partial charge on any atom is -0.373 e. The van der Waals surface area contributed by atoms with Crippen LogP contribution in [0.5, 0.6) is 0 Å². The van der Waals surface area contributed by atoms with Gasteiger partial charge < -0.3 is 10.5 Å². The van der Waals surface area contributed by atoms with Gasteiger partial charge in [-0.3, -0.25) is 0 Å². The first-order valence-corrected chi connectivity index (χ1v) is 5.78. The molecule has 1 fully saturated rings. The molecule has 1 aliphatic rings. The Hall–Kier alpha value is -0.290. The van der Waals surface area contributed by atoms with Crippen LogP contribution < -0.4 is 5.73 Å². The first-order chi connectivity index (χ1) is 7.37. The smallest absolute Gasteiger partial charge is 0.373 e. The van der Waals surface area contributed by atoms with Crippen molar-refractivity contribution in [1.29, 1.82) is 0 Å². The number of rotatable bonds is 4. The molecule has 0 saturated heterocycles. The van der Waals surface area contributed by atoms with E-state index < -0.39 is 18.2 Å². The van der Waals surface area contributed by atoms with E-state index in [1.54, 1.807) is 0 Å². The van der Waals surface area contributed by atoms with Gasteiger partial charge in [0.2, 0.25) is 0 Å². The lowest BCUT2D eigenvalue weighted by atomic mass is 9.79. The van der Waals surface area contributed by atoms with Crippen molar-refractivity contribution in [2.75, 3.05) is 13.2 Å². The minimum absolute atomic E-state index is 0.270. The van der Waals surface area contributed by atoms with Crippen molar-refractivity contribution in [2.24, 2.45) is 11.7 Å². The molecule has 0 aliphatic heterocycles. The van der Waals surface area contributed by atoms with Gasteiger partial charge >= 0.3 is 6.18 Å². The highest BCUT2D eigenvalue weighted by molar-refractivity contribution is 4.88. The van der Waals surface area contributed by atoms with Crippen LogP contribution in [0, 0.1) is 5.92 Å². The van der Waals surface area contributed by atoms with Crippen molar-refractivity contribution in [3.05, 3.63) is 0 Å². The zero-order valence-corrected chi connectivity index (χ0v) is 9.65. The highest BCUT2D eigenvalue weighted by atomic mass is 19.4. The van der Waals surface area contributed by atoms with Crippen molar-refractivity contribution in [3.63, 3.8) is 0 Å². The summed E-state index contributed by atoms with van der Waals surface area (Å²) in [6.45, 7) is 2.14. The Kier molecular flexibility index (Phi) is 4.62. The first-order valence-electron chi connectivity index (χ1n) is 5.78. The summed E-state index contributed by atoms with van der Waals surface area (Å²) in [7, 11) is 0. The molecule has 0 amide bonds. The second kappa shape index (κ2) is 5.36. The maximum absolute atomic E-state index is 12.0. The van der Waals surface area contributed by atoms with Gasteiger partial charge in [-0.05, 0) is 18.8 Å². The topological polar surface area (TPSA) is 35.2 Å². The molecule has 1 rings (SSSR count). The molecule has 0 spiro atoms. The summed E-state index contributed by atoms with van der Waals surface area (Å²) in [5.41, 5.74) is 5.13. The number of alkyl halides is 3. The maximum Gasteiger partial charge on any atom is 0.391 e. The van der Waals surface area contributed by atoms with Crippen LogP contribution in [0.4, 0.5) is 13.2 Å². The Balaban J connectivity index is 2.41. The van der Waals surface area contributed by atoms with E-state index >= 15 is 0 Å². The molecular weight excluding hydrogens is 219 g/mol. The van der Waals surface area contributed by atoms with E-state index in [2.05, 4.69) is 6.92 Å². The molecule has 0 aromatic rings.